The Morgan fingerprint density at radius 2 is 0.894 bits per heavy atom. The number of ether oxygens (including phenoxy) is 1. The molecule has 314 valence electrons. The molecule has 2 bridgehead atoms. The van der Waals surface area contributed by atoms with Crippen LogP contribution in [0.5, 0.6) is 11.5 Å². The van der Waals surface area contributed by atoms with Crippen LogP contribution in [0.3, 0.4) is 0 Å². The van der Waals surface area contributed by atoms with E-state index < -0.39 is 5.41 Å². The molecule has 4 heteroatoms. The Balaban J connectivity index is 0.857. The molecule has 5 aliphatic carbocycles. The van der Waals surface area contributed by atoms with Crippen molar-refractivity contribution in [3.05, 3.63) is 222 Å². The van der Waals surface area contributed by atoms with E-state index in [1.54, 1.807) is 0 Å². The van der Waals surface area contributed by atoms with E-state index in [0.29, 0.717) is 28.3 Å². The molecule has 0 unspecified atom stereocenters. The van der Waals surface area contributed by atoms with Crippen molar-refractivity contribution in [1.29, 1.82) is 0 Å². The number of hydrogen-bond donors (Lipinski definition) is 0. The summed E-state index contributed by atoms with van der Waals surface area (Å²) >= 11 is 0. The predicted molar refractivity (Wildman–Crippen MR) is 262 cm³/mol. The molecular formula is C62H45N3O. The Morgan fingerprint density at radius 1 is 0.394 bits per heavy atom. The highest BCUT2D eigenvalue weighted by molar-refractivity contribution is 5.90. The molecule has 66 heavy (non-hydrogen) atoms. The first-order chi connectivity index (χ1) is 32.6. The van der Waals surface area contributed by atoms with Crippen molar-refractivity contribution in [2.75, 3.05) is 0 Å². The molecule has 1 aromatic heterocycles. The number of benzene rings is 8. The van der Waals surface area contributed by atoms with Crippen molar-refractivity contribution in [2.45, 2.75) is 42.9 Å². The van der Waals surface area contributed by atoms with E-state index in [2.05, 4.69) is 194 Å². The SMILES string of the molecule is c1ccc(-c2ccc(-c3nc(-c4ccc(C56C[C@@H]7CC8C[C@@H](C5)C87C6)cc4)nc(-c4cccc(-c5cccc6c5Oc5ccccc5C65c6ccccc6-c6ccccc65)c4)n3)cc2)cc1. The molecule has 15 rings (SSSR count). The maximum Gasteiger partial charge on any atom is 0.164 e. The lowest BCUT2D eigenvalue weighted by molar-refractivity contribution is -0.175. The normalized spacial score (nSPS) is 23.7. The molecule has 2 heterocycles. The van der Waals surface area contributed by atoms with Gasteiger partial charge in [0.25, 0.3) is 0 Å². The Labute approximate surface area is 385 Å². The van der Waals surface area contributed by atoms with E-state index in [1.807, 2.05) is 0 Å². The lowest BCUT2D eigenvalue weighted by Crippen LogP contribution is -2.59. The zero-order valence-electron chi connectivity index (χ0n) is 36.5. The minimum Gasteiger partial charge on any atom is -0.456 e. The molecule has 4 fully saturated rings. The van der Waals surface area contributed by atoms with Gasteiger partial charge in [0.1, 0.15) is 11.5 Å². The van der Waals surface area contributed by atoms with E-state index >= 15 is 0 Å². The predicted octanol–water partition coefficient (Wildman–Crippen LogP) is 14.8. The van der Waals surface area contributed by atoms with Crippen LogP contribution < -0.4 is 4.74 Å². The lowest BCUT2D eigenvalue weighted by atomic mass is 9.38. The number of rotatable bonds is 6. The van der Waals surface area contributed by atoms with Crippen LogP contribution in [0.15, 0.2) is 194 Å². The molecule has 2 atom stereocenters. The smallest absolute Gasteiger partial charge is 0.164 e. The van der Waals surface area contributed by atoms with Gasteiger partial charge in [0.05, 0.1) is 5.41 Å². The van der Waals surface area contributed by atoms with E-state index in [-0.39, 0.29) is 0 Å². The van der Waals surface area contributed by atoms with Gasteiger partial charge in [0.15, 0.2) is 17.5 Å². The van der Waals surface area contributed by atoms with Gasteiger partial charge in [-0.2, -0.15) is 0 Å². The van der Waals surface area contributed by atoms with Crippen LogP contribution in [0.4, 0.5) is 0 Å². The van der Waals surface area contributed by atoms with Crippen LogP contribution in [-0.2, 0) is 10.8 Å². The van der Waals surface area contributed by atoms with Gasteiger partial charge in [-0.15, -0.1) is 0 Å². The summed E-state index contributed by atoms with van der Waals surface area (Å²) in [6.45, 7) is 0. The second-order valence-corrected chi connectivity index (χ2v) is 20.1. The Bertz CT molecular complexity index is 3400. The average molecular weight is 848 g/mol. The maximum atomic E-state index is 7.07. The first kappa shape index (κ1) is 36.9. The Kier molecular flexibility index (Phi) is 7.44. The zero-order chi connectivity index (χ0) is 43.2. The van der Waals surface area contributed by atoms with Crippen molar-refractivity contribution >= 4 is 0 Å². The van der Waals surface area contributed by atoms with Crippen LogP contribution in [-0.4, -0.2) is 15.0 Å². The molecule has 9 aromatic rings. The van der Waals surface area contributed by atoms with E-state index in [1.165, 1.54) is 65.5 Å². The number of fused-ring (bicyclic) bond motifs is 10. The summed E-state index contributed by atoms with van der Waals surface area (Å²) in [7, 11) is 0. The van der Waals surface area contributed by atoms with Crippen LogP contribution in [0, 0.1) is 23.2 Å². The lowest BCUT2D eigenvalue weighted by Gasteiger charge is -2.66. The highest BCUT2D eigenvalue weighted by atomic mass is 16.5. The highest BCUT2D eigenvalue weighted by Crippen LogP contribution is 2.84. The van der Waals surface area contributed by atoms with Crippen molar-refractivity contribution < 1.29 is 4.74 Å². The second kappa shape index (κ2) is 13.3. The minimum atomic E-state index is -0.537. The number of aromatic nitrogens is 3. The van der Waals surface area contributed by atoms with Crippen molar-refractivity contribution in [3.8, 4) is 79.0 Å². The standard InChI is InChI=1S/C62H45N3O/c1-2-12-38(13-3-1)39-24-26-40(27-25-39)57-63-58(41-28-30-44(31-29-41)60-35-46-33-45-34-47(36-60)61(45,46)37-60)65-59(64-57)43-15-10-14-42(32-43)48-18-11-22-54-56(48)66-55-23-9-8-21-53(55)62(54)51-19-6-4-16-49(51)50-17-5-7-20-52(50)62/h1-32,45-47H,33-37H2/t45?,46-,47-,60?,61?/m0/s1. The third-order valence-electron chi connectivity index (χ3n) is 17.3. The summed E-state index contributed by atoms with van der Waals surface area (Å²) in [6.07, 6.45) is 7.09. The Morgan fingerprint density at radius 3 is 1.56 bits per heavy atom. The summed E-state index contributed by atoms with van der Waals surface area (Å²) in [5, 5.41) is 0. The first-order valence-electron chi connectivity index (χ1n) is 23.8. The van der Waals surface area contributed by atoms with Crippen LogP contribution in [0.1, 0.15) is 59.9 Å². The summed E-state index contributed by atoms with van der Waals surface area (Å²) in [6, 6.07) is 70.1. The number of para-hydroxylation sites is 2. The van der Waals surface area contributed by atoms with Gasteiger partial charge < -0.3 is 4.74 Å². The summed E-state index contributed by atoms with van der Waals surface area (Å²) in [5.41, 5.74) is 16.7. The number of nitrogens with zero attached hydrogens (tertiary/aromatic N) is 3. The fourth-order valence-electron chi connectivity index (χ4n) is 14.5. The third-order valence-corrected chi connectivity index (χ3v) is 17.3. The zero-order valence-corrected chi connectivity index (χ0v) is 36.5. The molecule has 4 saturated carbocycles. The molecule has 0 radical (unpaired) electrons. The van der Waals surface area contributed by atoms with E-state index in [4.69, 9.17) is 19.7 Å². The molecular weight excluding hydrogens is 803 g/mol. The molecule has 0 amide bonds. The quantitative estimate of drug-likeness (QED) is 0.167. The second-order valence-electron chi connectivity index (χ2n) is 20.1. The highest BCUT2D eigenvalue weighted by Gasteiger charge is 2.77. The topological polar surface area (TPSA) is 47.9 Å². The maximum absolute atomic E-state index is 7.07. The van der Waals surface area contributed by atoms with Gasteiger partial charge in [-0.25, -0.2) is 15.0 Å². The molecule has 6 aliphatic rings. The molecule has 2 spiro atoms. The minimum absolute atomic E-state index is 0.349. The van der Waals surface area contributed by atoms with E-state index in [9.17, 15) is 0 Å². The van der Waals surface area contributed by atoms with Gasteiger partial charge in [-0.05, 0) is 117 Å². The van der Waals surface area contributed by atoms with Gasteiger partial charge >= 0.3 is 0 Å². The van der Waals surface area contributed by atoms with Gasteiger partial charge in [0, 0.05) is 33.4 Å². The number of hydrogen-bond acceptors (Lipinski definition) is 4. The molecule has 8 aromatic carbocycles. The Hall–Kier alpha value is -7.43. The average Bonchev–Trinajstić information content (AvgIpc) is 3.99. The largest absolute Gasteiger partial charge is 0.456 e. The van der Waals surface area contributed by atoms with Crippen molar-refractivity contribution in [1.82, 2.24) is 15.0 Å². The van der Waals surface area contributed by atoms with Gasteiger partial charge in [-0.1, -0.05) is 182 Å². The molecule has 0 N–H and O–H groups in total. The molecule has 0 saturated heterocycles. The van der Waals surface area contributed by atoms with Gasteiger partial charge in [0.2, 0.25) is 0 Å². The van der Waals surface area contributed by atoms with Crippen molar-refractivity contribution in [2.24, 2.45) is 23.2 Å². The fourth-order valence-corrected chi connectivity index (χ4v) is 14.5. The summed E-state index contributed by atoms with van der Waals surface area (Å²) in [5.74, 6) is 6.64. The monoisotopic (exact) mass is 847 g/mol. The van der Waals surface area contributed by atoms with Crippen LogP contribution in [0.25, 0.3) is 67.5 Å². The summed E-state index contributed by atoms with van der Waals surface area (Å²) < 4.78 is 7.07. The molecule has 4 nitrogen and oxygen atoms in total. The van der Waals surface area contributed by atoms with Crippen molar-refractivity contribution in [3.63, 3.8) is 0 Å². The van der Waals surface area contributed by atoms with Crippen LogP contribution >= 0.6 is 0 Å². The first-order valence-corrected chi connectivity index (χ1v) is 23.8. The fraction of sp³-hybridized carbons (Fsp3) is 0.177. The summed E-state index contributed by atoms with van der Waals surface area (Å²) in [4.78, 5) is 15.8. The van der Waals surface area contributed by atoms with E-state index in [0.717, 1.165) is 73.8 Å². The molecule has 1 aliphatic heterocycles. The van der Waals surface area contributed by atoms with Crippen LogP contribution in [0.2, 0.25) is 0 Å². The third kappa shape index (κ3) is 4.86. The van der Waals surface area contributed by atoms with Gasteiger partial charge in [-0.3, -0.25) is 0 Å².